The molecule has 0 amide bonds. The van der Waals surface area contributed by atoms with E-state index in [9.17, 15) is 4.79 Å². The van der Waals surface area contributed by atoms with E-state index in [4.69, 9.17) is 4.42 Å². The molecule has 1 saturated heterocycles. The summed E-state index contributed by atoms with van der Waals surface area (Å²) in [6.07, 6.45) is 2.58. The van der Waals surface area contributed by atoms with Gasteiger partial charge in [0.2, 0.25) is 0 Å². The zero-order valence-electron chi connectivity index (χ0n) is 15.8. The van der Waals surface area contributed by atoms with Gasteiger partial charge in [-0.3, -0.25) is 4.90 Å². The summed E-state index contributed by atoms with van der Waals surface area (Å²) in [5, 5.41) is 0.999. The first-order valence-electron chi connectivity index (χ1n) is 9.44. The minimum atomic E-state index is -0.290. The van der Waals surface area contributed by atoms with Gasteiger partial charge in [-0.15, -0.1) is 0 Å². The second-order valence-corrected chi connectivity index (χ2v) is 7.06. The third-order valence-electron chi connectivity index (χ3n) is 5.19. The Morgan fingerprint density at radius 1 is 1.07 bits per heavy atom. The normalized spacial score (nSPS) is 15.4. The minimum Gasteiger partial charge on any atom is -0.423 e. The lowest BCUT2D eigenvalue weighted by Crippen LogP contribution is -2.46. The summed E-state index contributed by atoms with van der Waals surface area (Å²) in [6.45, 7) is 8.74. The summed E-state index contributed by atoms with van der Waals surface area (Å²) in [6, 6.07) is 9.79. The summed E-state index contributed by atoms with van der Waals surface area (Å²) < 4.78 is 5.37. The third kappa shape index (κ3) is 3.85. The van der Waals surface area contributed by atoms with Crippen molar-refractivity contribution < 1.29 is 4.42 Å². The van der Waals surface area contributed by atoms with Gasteiger partial charge in [0.05, 0.1) is 0 Å². The number of hydrogen-bond acceptors (Lipinski definition) is 6. The van der Waals surface area contributed by atoms with Crippen molar-refractivity contribution in [1.82, 2.24) is 14.9 Å². The Morgan fingerprint density at radius 2 is 1.89 bits per heavy atom. The van der Waals surface area contributed by atoms with Crippen LogP contribution in [0, 0.1) is 6.92 Å². The molecule has 1 aliphatic heterocycles. The Kier molecular flexibility index (Phi) is 4.90. The smallest absolute Gasteiger partial charge is 0.336 e. The first-order valence-corrected chi connectivity index (χ1v) is 9.44. The second-order valence-electron chi connectivity index (χ2n) is 7.06. The Morgan fingerprint density at radius 3 is 2.67 bits per heavy atom. The van der Waals surface area contributed by atoms with Crippen molar-refractivity contribution >= 4 is 16.8 Å². The first kappa shape index (κ1) is 17.7. The van der Waals surface area contributed by atoms with Gasteiger partial charge in [-0.05, 0) is 30.5 Å². The van der Waals surface area contributed by atoms with Crippen LogP contribution in [0.3, 0.4) is 0 Å². The van der Waals surface area contributed by atoms with E-state index in [-0.39, 0.29) is 5.63 Å². The lowest BCUT2D eigenvalue weighted by atomic mass is 10.1. The number of hydrogen-bond donors (Lipinski definition) is 0. The maximum absolute atomic E-state index is 11.6. The Balaban J connectivity index is 1.43. The largest absolute Gasteiger partial charge is 0.423 e. The van der Waals surface area contributed by atoms with Crippen molar-refractivity contribution in [3.63, 3.8) is 0 Å². The molecule has 6 nitrogen and oxygen atoms in total. The molecule has 0 atom stereocenters. The van der Waals surface area contributed by atoms with E-state index in [2.05, 4.69) is 38.8 Å². The van der Waals surface area contributed by atoms with Crippen molar-refractivity contribution in [3.05, 3.63) is 63.9 Å². The van der Waals surface area contributed by atoms with E-state index in [0.29, 0.717) is 5.58 Å². The Hall–Kier alpha value is -2.73. The van der Waals surface area contributed by atoms with Gasteiger partial charge in [-0.2, -0.15) is 0 Å². The van der Waals surface area contributed by atoms with Gasteiger partial charge in [0, 0.05) is 55.9 Å². The number of aryl methyl sites for hydroxylation is 2. The summed E-state index contributed by atoms with van der Waals surface area (Å²) >= 11 is 0. The fourth-order valence-electron chi connectivity index (χ4n) is 3.61. The second kappa shape index (κ2) is 7.48. The fourth-order valence-corrected chi connectivity index (χ4v) is 3.61. The number of nitrogens with zero attached hydrogens (tertiary/aromatic N) is 4. The lowest BCUT2D eigenvalue weighted by molar-refractivity contribution is 0.249. The number of benzene rings is 1. The average Bonchev–Trinajstić information content (AvgIpc) is 2.68. The molecule has 1 aliphatic rings. The molecular weight excluding hydrogens is 340 g/mol. The van der Waals surface area contributed by atoms with Gasteiger partial charge in [-0.25, -0.2) is 14.8 Å². The van der Waals surface area contributed by atoms with E-state index in [1.54, 1.807) is 6.33 Å². The predicted octanol–water partition coefficient (Wildman–Crippen LogP) is 2.78. The standard InChI is InChI=1S/C21H24N4O2/c1-3-17-12-20(23-14-22-17)25-8-6-24(7-9-25)13-16-4-5-18-15(2)10-21(26)27-19(18)11-16/h4-5,10-12,14H,3,6-9,13H2,1-2H3. The Bertz CT molecular complexity index is 1010. The van der Waals surface area contributed by atoms with Crippen molar-refractivity contribution in [2.24, 2.45) is 0 Å². The minimum absolute atomic E-state index is 0.290. The molecule has 3 heterocycles. The van der Waals surface area contributed by atoms with E-state index in [0.717, 1.165) is 61.6 Å². The predicted molar refractivity (Wildman–Crippen MR) is 106 cm³/mol. The van der Waals surface area contributed by atoms with Crippen LogP contribution in [-0.2, 0) is 13.0 Å². The van der Waals surface area contributed by atoms with E-state index < -0.39 is 0 Å². The van der Waals surface area contributed by atoms with Crippen LogP contribution in [0.25, 0.3) is 11.0 Å². The van der Waals surface area contributed by atoms with Gasteiger partial charge >= 0.3 is 5.63 Å². The summed E-state index contributed by atoms with van der Waals surface area (Å²) in [5.41, 5.74) is 3.58. The maximum Gasteiger partial charge on any atom is 0.336 e. The van der Waals surface area contributed by atoms with Crippen LogP contribution in [0.2, 0.25) is 0 Å². The zero-order chi connectivity index (χ0) is 18.8. The molecule has 3 aromatic rings. The molecule has 140 valence electrons. The van der Waals surface area contributed by atoms with E-state index in [1.165, 1.54) is 11.6 Å². The molecular formula is C21H24N4O2. The van der Waals surface area contributed by atoms with Crippen LogP contribution in [0.4, 0.5) is 5.82 Å². The van der Waals surface area contributed by atoms with Crippen LogP contribution >= 0.6 is 0 Å². The highest BCUT2D eigenvalue weighted by Crippen LogP contribution is 2.20. The molecule has 27 heavy (non-hydrogen) atoms. The van der Waals surface area contributed by atoms with Gasteiger partial charge in [-0.1, -0.05) is 19.1 Å². The number of fused-ring (bicyclic) bond motifs is 1. The van der Waals surface area contributed by atoms with Crippen molar-refractivity contribution in [2.45, 2.75) is 26.8 Å². The highest BCUT2D eigenvalue weighted by Gasteiger charge is 2.18. The first-order chi connectivity index (χ1) is 13.1. The van der Waals surface area contributed by atoms with Crippen LogP contribution in [0.1, 0.15) is 23.7 Å². The number of aromatic nitrogens is 2. The van der Waals surface area contributed by atoms with Gasteiger partial charge in [0.1, 0.15) is 17.7 Å². The molecule has 0 aliphatic carbocycles. The van der Waals surface area contributed by atoms with Crippen molar-refractivity contribution in [2.75, 3.05) is 31.1 Å². The highest BCUT2D eigenvalue weighted by atomic mass is 16.4. The topological polar surface area (TPSA) is 62.5 Å². The number of anilines is 1. The maximum atomic E-state index is 11.6. The summed E-state index contributed by atoms with van der Waals surface area (Å²) in [4.78, 5) is 25.1. The molecule has 0 bridgehead atoms. The van der Waals surface area contributed by atoms with Crippen LogP contribution in [-0.4, -0.2) is 41.0 Å². The van der Waals surface area contributed by atoms with Gasteiger partial charge in [0.15, 0.2) is 0 Å². The van der Waals surface area contributed by atoms with E-state index in [1.807, 2.05) is 19.1 Å². The molecule has 0 saturated carbocycles. The van der Waals surface area contributed by atoms with Crippen molar-refractivity contribution in [3.8, 4) is 0 Å². The third-order valence-corrected chi connectivity index (χ3v) is 5.19. The van der Waals surface area contributed by atoms with Gasteiger partial charge < -0.3 is 9.32 Å². The highest BCUT2D eigenvalue weighted by molar-refractivity contribution is 5.80. The van der Waals surface area contributed by atoms with Crippen molar-refractivity contribution in [1.29, 1.82) is 0 Å². The van der Waals surface area contributed by atoms with Crippen LogP contribution in [0.15, 0.2) is 45.9 Å². The quantitative estimate of drug-likeness (QED) is 0.664. The molecule has 4 rings (SSSR count). The molecule has 0 unspecified atom stereocenters. The SMILES string of the molecule is CCc1cc(N2CCN(Cc3ccc4c(C)cc(=O)oc4c3)CC2)ncn1. The molecule has 0 N–H and O–H groups in total. The summed E-state index contributed by atoms with van der Waals surface area (Å²) in [5.74, 6) is 1.02. The molecule has 0 spiro atoms. The molecule has 1 fully saturated rings. The average molecular weight is 364 g/mol. The van der Waals surface area contributed by atoms with Gasteiger partial charge in [0.25, 0.3) is 0 Å². The number of rotatable bonds is 4. The number of piperazine rings is 1. The van der Waals surface area contributed by atoms with Crippen LogP contribution in [0.5, 0.6) is 0 Å². The zero-order valence-corrected chi connectivity index (χ0v) is 15.8. The van der Waals surface area contributed by atoms with E-state index >= 15 is 0 Å². The summed E-state index contributed by atoms with van der Waals surface area (Å²) in [7, 11) is 0. The van der Waals surface area contributed by atoms with Crippen LogP contribution < -0.4 is 10.5 Å². The monoisotopic (exact) mass is 364 g/mol. The lowest BCUT2D eigenvalue weighted by Gasteiger charge is -2.35. The molecule has 0 radical (unpaired) electrons. The molecule has 1 aromatic carbocycles. The fraction of sp³-hybridized carbons (Fsp3) is 0.381. The Labute approximate surface area is 158 Å². The molecule has 6 heteroatoms. The molecule has 2 aromatic heterocycles.